The first kappa shape index (κ1) is 16.0. The number of carboxylic acid groups (broad SMARTS) is 1. The molecule has 3 aromatic rings. The lowest BCUT2D eigenvalue weighted by molar-refractivity contribution is -0.137. The summed E-state index contributed by atoms with van der Waals surface area (Å²) in [7, 11) is 0. The molecule has 3 rings (SSSR count). The molecular formula is C19H18N2O3. The van der Waals surface area contributed by atoms with Crippen LogP contribution >= 0.6 is 0 Å². The number of benzene rings is 2. The van der Waals surface area contributed by atoms with Gasteiger partial charge in [0.1, 0.15) is 0 Å². The van der Waals surface area contributed by atoms with Crippen molar-refractivity contribution >= 4 is 16.9 Å². The minimum Gasteiger partial charge on any atom is -0.481 e. The number of nitrogens with one attached hydrogen (secondary N) is 2. The maximum Gasteiger partial charge on any atom is 0.305 e. The van der Waals surface area contributed by atoms with Gasteiger partial charge in [-0.3, -0.25) is 9.59 Å². The molecule has 0 aliphatic heterocycles. The number of rotatable bonds is 6. The van der Waals surface area contributed by atoms with E-state index in [0.29, 0.717) is 12.1 Å². The van der Waals surface area contributed by atoms with Crippen LogP contribution < -0.4 is 10.9 Å². The lowest BCUT2D eigenvalue weighted by atomic mass is 10.0. The molecule has 0 amide bonds. The summed E-state index contributed by atoms with van der Waals surface area (Å²) in [6.45, 7) is 0.299. The Kier molecular flexibility index (Phi) is 4.72. The Hall–Kier alpha value is -2.92. The van der Waals surface area contributed by atoms with Gasteiger partial charge in [0.2, 0.25) is 0 Å². The van der Waals surface area contributed by atoms with Gasteiger partial charge in [-0.1, -0.05) is 48.5 Å². The number of aliphatic carboxylic acids is 1. The molecule has 1 atom stereocenters. The van der Waals surface area contributed by atoms with Crippen molar-refractivity contribution < 1.29 is 9.90 Å². The number of hydrogen-bond acceptors (Lipinski definition) is 3. The van der Waals surface area contributed by atoms with Gasteiger partial charge in [0.25, 0.3) is 5.56 Å². The molecule has 0 aliphatic carbocycles. The second-order valence-electron chi connectivity index (χ2n) is 5.65. The summed E-state index contributed by atoms with van der Waals surface area (Å²) in [5, 5.41) is 13.3. The Bertz CT molecular complexity index is 903. The van der Waals surface area contributed by atoms with E-state index in [2.05, 4.69) is 10.3 Å². The van der Waals surface area contributed by atoms with Crippen molar-refractivity contribution in [2.45, 2.75) is 19.0 Å². The van der Waals surface area contributed by atoms with Crippen LogP contribution in [0, 0.1) is 0 Å². The van der Waals surface area contributed by atoms with E-state index >= 15 is 0 Å². The van der Waals surface area contributed by atoms with Crippen LogP contribution in [0.1, 0.15) is 23.6 Å². The van der Waals surface area contributed by atoms with Gasteiger partial charge in [0.05, 0.1) is 6.42 Å². The van der Waals surface area contributed by atoms with Gasteiger partial charge in [0.15, 0.2) is 0 Å². The van der Waals surface area contributed by atoms with Crippen molar-refractivity contribution in [2.24, 2.45) is 0 Å². The van der Waals surface area contributed by atoms with E-state index in [-0.39, 0.29) is 18.0 Å². The number of fused-ring (bicyclic) bond motifs is 1. The molecule has 0 bridgehead atoms. The molecule has 0 aliphatic rings. The van der Waals surface area contributed by atoms with Crippen molar-refractivity contribution in [3.63, 3.8) is 0 Å². The fraction of sp³-hybridized carbons (Fsp3) is 0.158. The summed E-state index contributed by atoms with van der Waals surface area (Å²) < 4.78 is 0. The predicted octanol–water partition coefficient (Wildman–Crippen LogP) is 2.83. The van der Waals surface area contributed by atoms with E-state index < -0.39 is 5.97 Å². The van der Waals surface area contributed by atoms with Gasteiger partial charge in [-0.2, -0.15) is 0 Å². The molecule has 0 saturated carbocycles. The van der Waals surface area contributed by atoms with Crippen LogP contribution in [0.5, 0.6) is 0 Å². The average Bonchev–Trinajstić information content (AvgIpc) is 2.59. The Morgan fingerprint density at radius 1 is 1.08 bits per heavy atom. The molecule has 24 heavy (non-hydrogen) atoms. The minimum absolute atomic E-state index is 0.0461. The highest BCUT2D eigenvalue weighted by Gasteiger charge is 2.15. The van der Waals surface area contributed by atoms with E-state index in [4.69, 9.17) is 5.11 Å². The number of hydrogen-bond donors (Lipinski definition) is 3. The summed E-state index contributed by atoms with van der Waals surface area (Å²) in [4.78, 5) is 26.2. The fourth-order valence-electron chi connectivity index (χ4n) is 2.72. The van der Waals surface area contributed by atoms with Crippen LogP contribution in [-0.2, 0) is 11.3 Å². The summed E-state index contributed by atoms with van der Waals surface area (Å²) >= 11 is 0. The zero-order valence-corrected chi connectivity index (χ0v) is 13.0. The van der Waals surface area contributed by atoms with Gasteiger partial charge < -0.3 is 15.4 Å². The Morgan fingerprint density at radius 2 is 1.79 bits per heavy atom. The number of aromatic nitrogens is 1. The molecule has 0 fully saturated rings. The largest absolute Gasteiger partial charge is 0.481 e. The van der Waals surface area contributed by atoms with E-state index in [1.54, 1.807) is 0 Å². The molecule has 0 radical (unpaired) electrons. The van der Waals surface area contributed by atoms with Crippen LogP contribution in [0.3, 0.4) is 0 Å². The molecular weight excluding hydrogens is 304 g/mol. The highest BCUT2D eigenvalue weighted by Crippen LogP contribution is 2.17. The quantitative estimate of drug-likeness (QED) is 0.652. The fourth-order valence-corrected chi connectivity index (χ4v) is 2.72. The summed E-state index contributed by atoms with van der Waals surface area (Å²) in [5.41, 5.74) is 2.09. The molecule has 0 spiro atoms. The third-order valence-corrected chi connectivity index (χ3v) is 3.95. The van der Waals surface area contributed by atoms with Crippen molar-refractivity contribution in [3.05, 3.63) is 82.1 Å². The Balaban J connectivity index is 1.83. The second kappa shape index (κ2) is 7.10. The van der Waals surface area contributed by atoms with Crippen molar-refractivity contribution in [1.29, 1.82) is 0 Å². The number of pyridine rings is 1. The molecule has 5 heteroatoms. The van der Waals surface area contributed by atoms with E-state index in [1.807, 2.05) is 60.7 Å². The minimum atomic E-state index is -0.885. The predicted molar refractivity (Wildman–Crippen MR) is 92.8 cm³/mol. The number of carboxylic acids is 1. The Labute approximate surface area is 139 Å². The number of para-hydroxylation sites is 1. The molecule has 122 valence electrons. The summed E-state index contributed by atoms with van der Waals surface area (Å²) in [6.07, 6.45) is -0.0461. The van der Waals surface area contributed by atoms with E-state index in [0.717, 1.165) is 16.5 Å². The van der Waals surface area contributed by atoms with Crippen LogP contribution in [0.4, 0.5) is 0 Å². The van der Waals surface area contributed by atoms with Gasteiger partial charge in [-0.15, -0.1) is 0 Å². The molecule has 2 aromatic carbocycles. The highest BCUT2D eigenvalue weighted by atomic mass is 16.4. The third-order valence-electron chi connectivity index (χ3n) is 3.95. The summed E-state index contributed by atoms with van der Waals surface area (Å²) in [5.74, 6) is -0.885. The third kappa shape index (κ3) is 3.70. The first-order chi connectivity index (χ1) is 11.6. The van der Waals surface area contributed by atoms with Crippen molar-refractivity contribution in [3.8, 4) is 0 Å². The van der Waals surface area contributed by atoms with Crippen LogP contribution in [-0.4, -0.2) is 16.1 Å². The molecule has 5 nitrogen and oxygen atoms in total. The monoisotopic (exact) mass is 322 g/mol. The molecule has 0 saturated heterocycles. The Morgan fingerprint density at radius 3 is 2.54 bits per heavy atom. The topological polar surface area (TPSA) is 82.2 Å². The zero-order valence-electron chi connectivity index (χ0n) is 13.0. The first-order valence-electron chi connectivity index (χ1n) is 7.74. The van der Waals surface area contributed by atoms with Gasteiger partial charge in [-0.25, -0.2) is 0 Å². The first-order valence-corrected chi connectivity index (χ1v) is 7.74. The molecule has 1 heterocycles. The standard InChI is InChI=1S/C19H18N2O3/c22-18(23)11-17(13-6-2-1-3-7-13)20-12-15-10-14-8-4-5-9-16(14)21-19(15)24/h1-10,17,20H,11-12H2,(H,21,24)(H,22,23). The second-order valence-corrected chi connectivity index (χ2v) is 5.65. The lowest BCUT2D eigenvalue weighted by Gasteiger charge is -2.17. The lowest BCUT2D eigenvalue weighted by Crippen LogP contribution is -2.26. The van der Waals surface area contributed by atoms with Crippen LogP contribution in [0.25, 0.3) is 10.9 Å². The molecule has 1 aromatic heterocycles. The normalized spacial score (nSPS) is 12.2. The van der Waals surface area contributed by atoms with Crippen molar-refractivity contribution in [2.75, 3.05) is 0 Å². The zero-order chi connectivity index (χ0) is 16.9. The van der Waals surface area contributed by atoms with Gasteiger partial charge in [0, 0.05) is 23.7 Å². The number of aromatic amines is 1. The molecule has 1 unspecified atom stereocenters. The van der Waals surface area contributed by atoms with E-state index in [9.17, 15) is 9.59 Å². The van der Waals surface area contributed by atoms with Crippen LogP contribution in [0.2, 0.25) is 0 Å². The van der Waals surface area contributed by atoms with Crippen LogP contribution in [0.15, 0.2) is 65.5 Å². The number of carbonyl (C=O) groups is 1. The summed E-state index contributed by atoms with van der Waals surface area (Å²) in [6, 6.07) is 18.4. The van der Waals surface area contributed by atoms with E-state index in [1.165, 1.54) is 0 Å². The number of H-pyrrole nitrogens is 1. The SMILES string of the molecule is O=C(O)CC(NCc1cc2ccccc2[nH]c1=O)c1ccccc1. The maximum absolute atomic E-state index is 12.2. The van der Waals surface area contributed by atoms with Gasteiger partial charge >= 0.3 is 5.97 Å². The average molecular weight is 322 g/mol. The smallest absolute Gasteiger partial charge is 0.305 e. The maximum atomic E-state index is 12.2. The van der Waals surface area contributed by atoms with Crippen molar-refractivity contribution in [1.82, 2.24) is 10.3 Å². The highest BCUT2D eigenvalue weighted by molar-refractivity contribution is 5.78. The molecule has 3 N–H and O–H groups in total. The van der Waals surface area contributed by atoms with Gasteiger partial charge in [-0.05, 0) is 23.1 Å².